The van der Waals surface area contributed by atoms with Crippen LogP contribution in [-0.4, -0.2) is 34.1 Å². The molecule has 5 nitrogen and oxygen atoms in total. The molecule has 26 heavy (non-hydrogen) atoms. The van der Waals surface area contributed by atoms with E-state index in [0.29, 0.717) is 12.2 Å². The van der Waals surface area contributed by atoms with E-state index < -0.39 is 11.1 Å². The van der Waals surface area contributed by atoms with Crippen molar-refractivity contribution < 1.29 is 13.5 Å². The second kappa shape index (κ2) is 10.2. The molecule has 0 bridgehead atoms. The predicted molar refractivity (Wildman–Crippen MR) is 110 cm³/mol. The maximum absolute atomic E-state index is 10.8. The van der Waals surface area contributed by atoms with E-state index in [-0.39, 0.29) is 0 Å². The topological polar surface area (TPSA) is 61.8 Å². The molecule has 142 valence electrons. The quantitative estimate of drug-likeness (QED) is 0.591. The van der Waals surface area contributed by atoms with Gasteiger partial charge in [-0.05, 0) is 51.0 Å². The fourth-order valence-corrected chi connectivity index (χ4v) is 3.15. The number of benzene rings is 2. The number of aryl methyl sites for hydroxylation is 1. The molecule has 6 heteroatoms. The van der Waals surface area contributed by atoms with Crippen LogP contribution in [0, 0.1) is 6.92 Å². The Balaban J connectivity index is 2.10. The van der Waals surface area contributed by atoms with Crippen molar-refractivity contribution in [1.29, 1.82) is 0 Å². The standard InChI is InChI=1S/C20H28N2O3S/c1-4-21-20-15-19(11-10-16(20)3)25-18-9-6-8-17(14-18)22(5-2)12-7-13-26(23)24/h6,8-11,14-15,21H,4-5,7,12-13H2,1-3H3,(H,23,24). The van der Waals surface area contributed by atoms with Gasteiger partial charge in [0, 0.05) is 43.1 Å². The van der Waals surface area contributed by atoms with Gasteiger partial charge in [0.05, 0.1) is 5.75 Å². The Bertz CT molecular complexity index is 737. The molecule has 2 aromatic rings. The smallest absolute Gasteiger partial charge is 0.152 e. The first-order chi connectivity index (χ1) is 12.5. The average Bonchev–Trinajstić information content (AvgIpc) is 2.62. The van der Waals surface area contributed by atoms with Crippen molar-refractivity contribution in [1.82, 2.24) is 0 Å². The van der Waals surface area contributed by atoms with Gasteiger partial charge in [0.25, 0.3) is 0 Å². The lowest BCUT2D eigenvalue weighted by Crippen LogP contribution is -2.25. The Morgan fingerprint density at radius 1 is 1.15 bits per heavy atom. The second-order valence-electron chi connectivity index (χ2n) is 6.07. The van der Waals surface area contributed by atoms with Crippen molar-refractivity contribution in [3.8, 4) is 11.5 Å². The van der Waals surface area contributed by atoms with Crippen LogP contribution in [0.3, 0.4) is 0 Å². The van der Waals surface area contributed by atoms with Gasteiger partial charge in [-0.3, -0.25) is 0 Å². The lowest BCUT2D eigenvalue weighted by molar-refractivity contribution is 0.482. The van der Waals surface area contributed by atoms with Crippen LogP contribution in [0.2, 0.25) is 0 Å². The highest BCUT2D eigenvalue weighted by molar-refractivity contribution is 7.79. The van der Waals surface area contributed by atoms with Crippen molar-refractivity contribution in [2.45, 2.75) is 27.2 Å². The average molecular weight is 377 g/mol. The number of rotatable bonds is 10. The first-order valence-electron chi connectivity index (χ1n) is 8.98. The van der Waals surface area contributed by atoms with Gasteiger partial charge in [0.15, 0.2) is 11.1 Å². The van der Waals surface area contributed by atoms with Gasteiger partial charge >= 0.3 is 0 Å². The molecule has 0 radical (unpaired) electrons. The van der Waals surface area contributed by atoms with Gasteiger partial charge < -0.3 is 19.5 Å². The Morgan fingerprint density at radius 2 is 1.92 bits per heavy atom. The monoisotopic (exact) mass is 376 g/mol. The third-order valence-electron chi connectivity index (χ3n) is 4.12. The molecule has 0 fully saturated rings. The van der Waals surface area contributed by atoms with Crippen molar-refractivity contribution in [3.05, 3.63) is 48.0 Å². The molecule has 0 aromatic heterocycles. The molecule has 0 saturated carbocycles. The van der Waals surface area contributed by atoms with E-state index in [0.717, 1.165) is 42.5 Å². The molecule has 1 atom stereocenters. The van der Waals surface area contributed by atoms with Gasteiger partial charge in [0.2, 0.25) is 0 Å². The fraction of sp³-hybridized carbons (Fsp3) is 0.400. The minimum atomic E-state index is -1.73. The number of ether oxygens (including phenoxy) is 1. The fourth-order valence-electron chi connectivity index (χ4n) is 2.77. The highest BCUT2D eigenvalue weighted by Gasteiger charge is 2.08. The molecular weight excluding hydrogens is 348 g/mol. The maximum Gasteiger partial charge on any atom is 0.152 e. The van der Waals surface area contributed by atoms with Gasteiger partial charge in [-0.2, -0.15) is 0 Å². The number of anilines is 2. The van der Waals surface area contributed by atoms with E-state index in [1.54, 1.807) is 0 Å². The zero-order chi connectivity index (χ0) is 18.9. The van der Waals surface area contributed by atoms with Crippen LogP contribution in [0.15, 0.2) is 42.5 Å². The van der Waals surface area contributed by atoms with Crippen LogP contribution in [0.5, 0.6) is 11.5 Å². The SMILES string of the molecule is CCNc1cc(Oc2cccc(N(CC)CCCS(=O)O)c2)ccc1C. The molecule has 0 saturated heterocycles. The van der Waals surface area contributed by atoms with Crippen molar-refractivity contribution in [2.75, 3.05) is 35.6 Å². The Labute approximate surface area is 158 Å². The Morgan fingerprint density at radius 3 is 2.62 bits per heavy atom. The molecule has 0 amide bonds. The number of hydrogen-bond donors (Lipinski definition) is 2. The van der Waals surface area contributed by atoms with Crippen LogP contribution in [0.4, 0.5) is 11.4 Å². The van der Waals surface area contributed by atoms with E-state index in [1.165, 1.54) is 5.56 Å². The molecule has 0 aliphatic carbocycles. The van der Waals surface area contributed by atoms with Gasteiger partial charge in [0.1, 0.15) is 11.5 Å². The minimum absolute atomic E-state index is 0.295. The normalized spacial score (nSPS) is 11.8. The molecule has 1 unspecified atom stereocenters. The number of nitrogens with one attached hydrogen (secondary N) is 1. The molecule has 2 aromatic carbocycles. The van der Waals surface area contributed by atoms with Gasteiger partial charge in [-0.1, -0.05) is 12.1 Å². The molecule has 2 N–H and O–H groups in total. The van der Waals surface area contributed by atoms with E-state index >= 15 is 0 Å². The second-order valence-corrected chi connectivity index (χ2v) is 7.12. The first-order valence-corrected chi connectivity index (χ1v) is 10.3. The third-order valence-corrected chi connectivity index (χ3v) is 4.76. The zero-order valence-corrected chi connectivity index (χ0v) is 16.5. The lowest BCUT2D eigenvalue weighted by Gasteiger charge is -2.23. The summed E-state index contributed by atoms with van der Waals surface area (Å²) in [6.07, 6.45) is 0.673. The summed E-state index contributed by atoms with van der Waals surface area (Å²) < 4.78 is 25.8. The van der Waals surface area contributed by atoms with E-state index in [2.05, 4.69) is 31.0 Å². The van der Waals surface area contributed by atoms with Crippen LogP contribution < -0.4 is 15.0 Å². The summed E-state index contributed by atoms with van der Waals surface area (Å²) in [7, 11) is 0. The summed E-state index contributed by atoms with van der Waals surface area (Å²) in [6.45, 7) is 8.65. The Kier molecular flexibility index (Phi) is 7.94. The molecule has 0 aliphatic heterocycles. The summed E-state index contributed by atoms with van der Waals surface area (Å²) in [5, 5.41) is 3.34. The molecule has 0 spiro atoms. The zero-order valence-electron chi connectivity index (χ0n) is 15.7. The summed E-state index contributed by atoms with van der Waals surface area (Å²) in [5.74, 6) is 1.86. The van der Waals surface area contributed by atoms with Gasteiger partial charge in [-0.15, -0.1) is 0 Å². The van der Waals surface area contributed by atoms with Crippen LogP contribution in [0.1, 0.15) is 25.8 Å². The first kappa shape index (κ1) is 20.3. The Hall–Kier alpha value is -2.05. The van der Waals surface area contributed by atoms with Crippen molar-refractivity contribution in [3.63, 3.8) is 0 Å². The summed E-state index contributed by atoms with van der Waals surface area (Å²) >= 11 is -1.73. The predicted octanol–water partition coefficient (Wildman–Crippen LogP) is 4.66. The van der Waals surface area contributed by atoms with Crippen molar-refractivity contribution in [2.24, 2.45) is 0 Å². The van der Waals surface area contributed by atoms with E-state index in [4.69, 9.17) is 9.29 Å². The highest BCUT2D eigenvalue weighted by atomic mass is 32.2. The van der Waals surface area contributed by atoms with Crippen LogP contribution in [-0.2, 0) is 11.1 Å². The van der Waals surface area contributed by atoms with Crippen LogP contribution in [0.25, 0.3) is 0 Å². The largest absolute Gasteiger partial charge is 0.457 e. The lowest BCUT2D eigenvalue weighted by atomic mass is 10.2. The van der Waals surface area contributed by atoms with Gasteiger partial charge in [-0.25, -0.2) is 4.21 Å². The van der Waals surface area contributed by atoms with Crippen LogP contribution >= 0.6 is 0 Å². The molecule has 0 heterocycles. The number of nitrogens with zero attached hydrogens (tertiary/aromatic N) is 1. The van der Waals surface area contributed by atoms with E-state index in [9.17, 15) is 4.21 Å². The minimum Gasteiger partial charge on any atom is -0.457 e. The highest BCUT2D eigenvalue weighted by Crippen LogP contribution is 2.29. The number of hydrogen-bond acceptors (Lipinski definition) is 4. The molecule has 0 aliphatic rings. The maximum atomic E-state index is 10.8. The van der Waals surface area contributed by atoms with E-state index in [1.807, 2.05) is 42.5 Å². The summed E-state index contributed by atoms with van der Waals surface area (Å²) in [4.78, 5) is 2.18. The summed E-state index contributed by atoms with van der Waals surface area (Å²) in [6, 6.07) is 14.0. The molecule has 2 rings (SSSR count). The third kappa shape index (κ3) is 6.04. The van der Waals surface area contributed by atoms with Crippen molar-refractivity contribution >= 4 is 22.5 Å². The summed E-state index contributed by atoms with van der Waals surface area (Å²) in [5.41, 5.74) is 3.31. The molecular formula is C20H28N2O3S.